The van der Waals surface area contributed by atoms with E-state index in [4.69, 9.17) is 5.11 Å². The fourth-order valence-electron chi connectivity index (χ4n) is 1.44. The molecule has 19 heavy (non-hydrogen) atoms. The van der Waals surface area contributed by atoms with Crippen LogP contribution in [0.2, 0.25) is 0 Å². The molecule has 0 heterocycles. The lowest BCUT2D eigenvalue weighted by Gasteiger charge is -1.91. The first-order valence-corrected chi connectivity index (χ1v) is 6.59. The van der Waals surface area contributed by atoms with Gasteiger partial charge in [0.2, 0.25) is 0 Å². The van der Waals surface area contributed by atoms with Crippen LogP contribution in [0.3, 0.4) is 0 Å². The second-order valence-corrected chi connectivity index (χ2v) is 4.67. The van der Waals surface area contributed by atoms with Crippen LogP contribution in [0.1, 0.15) is 25.0 Å². The average molecular weight is 258 g/mol. The molecule has 1 aromatic carbocycles. The Morgan fingerprint density at radius 3 is 1.79 bits per heavy atom. The van der Waals surface area contributed by atoms with Crippen molar-refractivity contribution in [3.63, 3.8) is 0 Å². The SMILES string of the molecule is CC1=CC=CC(C)C=C1.CO.Cc1ccc(C)cc1. The van der Waals surface area contributed by atoms with Gasteiger partial charge < -0.3 is 5.11 Å². The van der Waals surface area contributed by atoms with Crippen molar-refractivity contribution in [3.05, 3.63) is 71.3 Å². The van der Waals surface area contributed by atoms with Crippen LogP contribution < -0.4 is 0 Å². The Kier molecular flexibility index (Phi) is 9.46. The van der Waals surface area contributed by atoms with E-state index in [1.807, 2.05) is 0 Å². The fraction of sp³-hybridized carbons (Fsp3) is 0.333. The van der Waals surface area contributed by atoms with Crippen LogP contribution in [0.15, 0.2) is 60.2 Å². The highest BCUT2D eigenvalue weighted by Crippen LogP contribution is 2.07. The van der Waals surface area contributed by atoms with Crippen LogP contribution in [0.25, 0.3) is 0 Å². The standard InChI is InChI=1S/C9H12.C8H10.CH4O/c1-8-4-3-5-9(2)7-6-8;1-7-3-5-8(2)6-4-7;1-2/h3-8H,1-2H3;3-6H,1-2H3;2H,1H3. The molecule has 104 valence electrons. The lowest BCUT2D eigenvalue weighted by Crippen LogP contribution is -1.78. The zero-order valence-corrected chi connectivity index (χ0v) is 12.7. The molecule has 0 aromatic heterocycles. The molecule has 0 saturated carbocycles. The van der Waals surface area contributed by atoms with Crippen LogP contribution in [-0.2, 0) is 0 Å². The predicted molar refractivity (Wildman–Crippen MR) is 85.3 cm³/mol. The van der Waals surface area contributed by atoms with E-state index in [1.165, 1.54) is 16.7 Å². The van der Waals surface area contributed by atoms with E-state index in [-0.39, 0.29) is 0 Å². The Morgan fingerprint density at radius 2 is 1.32 bits per heavy atom. The van der Waals surface area contributed by atoms with Gasteiger partial charge in [0.05, 0.1) is 0 Å². The molecule has 1 N–H and O–H groups in total. The Bertz CT molecular complexity index is 401. The van der Waals surface area contributed by atoms with Gasteiger partial charge in [-0.05, 0) is 26.7 Å². The molecule has 0 saturated heterocycles. The highest BCUT2D eigenvalue weighted by molar-refractivity contribution is 5.26. The third kappa shape index (κ3) is 9.04. The van der Waals surface area contributed by atoms with Gasteiger partial charge in [0.25, 0.3) is 0 Å². The smallest absolute Gasteiger partial charge is 0.0319 e. The molecule has 0 amide bonds. The van der Waals surface area contributed by atoms with Crippen molar-refractivity contribution in [1.29, 1.82) is 0 Å². The van der Waals surface area contributed by atoms with Crippen molar-refractivity contribution in [2.24, 2.45) is 5.92 Å². The zero-order chi connectivity index (χ0) is 14.7. The minimum atomic E-state index is 0.596. The Hall–Kier alpha value is -1.60. The average Bonchev–Trinajstić information content (AvgIpc) is 2.61. The van der Waals surface area contributed by atoms with Crippen LogP contribution in [0.4, 0.5) is 0 Å². The number of hydrogen-bond donors (Lipinski definition) is 1. The van der Waals surface area contributed by atoms with Crippen molar-refractivity contribution in [1.82, 2.24) is 0 Å². The molecule has 0 bridgehead atoms. The third-order valence-electron chi connectivity index (χ3n) is 2.65. The highest BCUT2D eigenvalue weighted by Gasteiger charge is 1.91. The lowest BCUT2D eigenvalue weighted by atomic mass is 10.1. The lowest BCUT2D eigenvalue weighted by molar-refractivity contribution is 0.399. The van der Waals surface area contributed by atoms with Crippen molar-refractivity contribution < 1.29 is 5.11 Å². The maximum absolute atomic E-state index is 7.00. The minimum Gasteiger partial charge on any atom is -0.400 e. The van der Waals surface area contributed by atoms with E-state index in [2.05, 4.69) is 82.3 Å². The van der Waals surface area contributed by atoms with Gasteiger partial charge in [-0.3, -0.25) is 0 Å². The summed E-state index contributed by atoms with van der Waals surface area (Å²) in [6.45, 7) is 8.48. The molecule has 0 aliphatic heterocycles. The van der Waals surface area contributed by atoms with E-state index >= 15 is 0 Å². The second-order valence-electron chi connectivity index (χ2n) is 4.67. The van der Waals surface area contributed by atoms with Gasteiger partial charge in [-0.1, -0.05) is 78.3 Å². The predicted octanol–water partition coefficient (Wildman–Crippen LogP) is 4.61. The van der Waals surface area contributed by atoms with Gasteiger partial charge in [-0.25, -0.2) is 0 Å². The number of aryl methyl sites for hydroxylation is 2. The molecule has 0 radical (unpaired) electrons. The van der Waals surface area contributed by atoms with E-state index in [0.717, 1.165) is 7.11 Å². The maximum atomic E-state index is 7.00. The van der Waals surface area contributed by atoms with Crippen molar-refractivity contribution in [2.75, 3.05) is 7.11 Å². The van der Waals surface area contributed by atoms with Crippen LogP contribution in [0.5, 0.6) is 0 Å². The summed E-state index contributed by atoms with van der Waals surface area (Å²) in [7, 11) is 1.00. The van der Waals surface area contributed by atoms with Crippen LogP contribution in [0, 0.1) is 19.8 Å². The summed E-state index contributed by atoms with van der Waals surface area (Å²) < 4.78 is 0. The summed E-state index contributed by atoms with van der Waals surface area (Å²) in [5.74, 6) is 0.596. The van der Waals surface area contributed by atoms with Gasteiger partial charge in [-0.2, -0.15) is 0 Å². The van der Waals surface area contributed by atoms with Gasteiger partial charge in [0, 0.05) is 7.11 Å². The summed E-state index contributed by atoms with van der Waals surface area (Å²) in [4.78, 5) is 0. The largest absolute Gasteiger partial charge is 0.400 e. The summed E-state index contributed by atoms with van der Waals surface area (Å²) in [6.07, 6.45) is 10.8. The first kappa shape index (κ1) is 17.4. The molecule has 1 atom stereocenters. The molecule has 1 aliphatic rings. The second kappa shape index (κ2) is 10.3. The van der Waals surface area contributed by atoms with E-state index in [0.29, 0.717) is 5.92 Å². The molecule has 1 unspecified atom stereocenters. The molecule has 1 aliphatic carbocycles. The molecule has 1 nitrogen and oxygen atoms in total. The van der Waals surface area contributed by atoms with E-state index in [1.54, 1.807) is 0 Å². The van der Waals surface area contributed by atoms with Crippen LogP contribution in [-0.4, -0.2) is 12.2 Å². The van der Waals surface area contributed by atoms with Crippen molar-refractivity contribution in [2.45, 2.75) is 27.7 Å². The number of hydrogen-bond acceptors (Lipinski definition) is 1. The first-order valence-electron chi connectivity index (χ1n) is 6.59. The molecular formula is C18H26O. The Morgan fingerprint density at radius 1 is 0.842 bits per heavy atom. The summed E-state index contributed by atoms with van der Waals surface area (Å²) >= 11 is 0. The van der Waals surface area contributed by atoms with Crippen LogP contribution >= 0.6 is 0 Å². The normalized spacial score (nSPS) is 16.3. The fourth-order valence-corrected chi connectivity index (χ4v) is 1.44. The molecular weight excluding hydrogens is 232 g/mol. The molecule has 0 fully saturated rings. The van der Waals surface area contributed by atoms with Crippen molar-refractivity contribution in [3.8, 4) is 0 Å². The third-order valence-corrected chi connectivity index (χ3v) is 2.65. The number of aliphatic hydroxyl groups is 1. The monoisotopic (exact) mass is 258 g/mol. The highest BCUT2D eigenvalue weighted by atomic mass is 16.2. The summed E-state index contributed by atoms with van der Waals surface area (Å²) in [5.41, 5.74) is 3.99. The van der Waals surface area contributed by atoms with E-state index in [9.17, 15) is 0 Å². The first-order chi connectivity index (χ1) is 9.08. The van der Waals surface area contributed by atoms with Gasteiger partial charge >= 0.3 is 0 Å². The van der Waals surface area contributed by atoms with Gasteiger partial charge in [0.15, 0.2) is 0 Å². The zero-order valence-electron chi connectivity index (χ0n) is 12.7. The molecule has 0 spiro atoms. The van der Waals surface area contributed by atoms with Gasteiger partial charge in [0.1, 0.15) is 0 Å². The Labute approximate surface area is 118 Å². The Balaban J connectivity index is 0.000000303. The number of allylic oxidation sites excluding steroid dienone is 6. The van der Waals surface area contributed by atoms with E-state index < -0.39 is 0 Å². The molecule has 1 heteroatoms. The minimum absolute atomic E-state index is 0.596. The number of aliphatic hydroxyl groups excluding tert-OH is 1. The quantitative estimate of drug-likeness (QED) is 0.720. The molecule has 1 aromatic rings. The van der Waals surface area contributed by atoms with Crippen molar-refractivity contribution >= 4 is 0 Å². The number of benzene rings is 1. The maximum Gasteiger partial charge on any atom is 0.0319 e. The topological polar surface area (TPSA) is 20.2 Å². The summed E-state index contributed by atoms with van der Waals surface area (Å²) in [5, 5.41) is 7.00. The molecule has 2 rings (SSSR count). The van der Waals surface area contributed by atoms with Gasteiger partial charge in [-0.15, -0.1) is 0 Å². The number of rotatable bonds is 0. The summed E-state index contributed by atoms with van der Waals surface area (Å²) in [6, 6.07) is 8.48.